The number of hydrogen-bond acceptors (Lipinski definition) is 0. The minimum absolute atomic E-state index is 0.885. The van der Waals surface area contributed by atoms with Crippen molar-refractivity contribution < 1.29 is 0 Å². The first-order chi connectivity index (χ1) is 9.41. The molecule has 0 N–H and O–H groups in total. The Bertz CT molecular complexity index is 429. The average Bonchev–Trinajstić information content (AvgIpc) is 2.43. The van der Waals surface area contributed by atoms with E-state index in [0.717, 1.165) is 44.9 Å². The second kappa shape index (κ2) is 16.0. The summed E-state index contributed by atoms with van der Waals surface area (Å²) in [6, 6.07) is 0. The highest BCUT2D eigenvalue weighted by Gasteiger charge is 1.86. The van der Waals surface area contributed by atoms with Crippen LogP contribution in [0.4, 0.5) is 0 Å². The molecule has 0 aliphatic carbocycles. The number of hydrogen-bond donors (Lipinski definition) is 0. The summed E-state index contributed by atoms with van der Waals surface area (Å²) >= 11 is 0. The van der Waals surface area contributed by atoms with Crippen molar-refractivity contribution in [3.8, 4) is 48.4 Å². The van der Waals surface area contributed by atoms with Crippen LogP contribution in [0, 0.1) is 48.4 Å². The number of allylic oxidation sites excluding steroid dienone is 2. The minimum atomic E-state index is 0.885. The van der Waals surface area contributed by atoms with E-state index in [9.17, 15) is 0 Å². The van der Waals surface area contributed by atoms with Gasteiger partial charge in [0.1, 0.15) is 0 Å². The molecule has 0 unspecified atom stereocenters. The fourth-order valence-electron chi connectivity index (χ4n) is 1.47. The highest BCUT2D eigenvalue weighted by atomic mass is 13.9. The van der Waals surface area contributed by atoms with Gasteiger partial charge >= 0.3 is 0 Å². The Morgan fingerprint density at radius 3 is 2.00 bits per heavy atom. The second-order valence-corrected chi connectivity index (χ2v) is 4.18. The van der Waals surface area contributed by atoms with E-state index in [1.807, 2.05) is 6.08 Å². The Kier molecular flexibility index (Phi) is 14.3. The molecule has 0 spiro atoms. The molecule has 0 heteroatoms. The van der Waals surface area contributed by atoms with Gasteiger partial charge in [-0.2, -0.15) is 0 Å². The molecule has 0 amide bonds. The standard InChI is InChI=1S/C19H22/c1-3-5-7-9-11-13-15-17-19-18-16-14-12-10-8-6-4-2/h1-2,5,7H,6,8-14,16H2. The van der Waals surface area contributed by atoms with Crippen molar-refractivity contribution in [3.63, 3.8) is 0 Å². The molecule has 0 aromatic rings. The lowest BCUT2D eigenvalue weighted by atomic mass is 10.1. The smallest absolute Gasteiger partial charge is 0.0102 e. The molecule has 0 atom stereocenters. The molecule has 0 heterocycles. The Hall–Kier alpha value is -2.02. The van der Waals surface area contributed by atoms with Gasteiger partial charge in [-0.3, -0.25) is 0 Å². The molecule has 0 aliphatic heterocycles. The Morgan fingerprint density at radius 2 is 1.37 bits per heavy atom. The van der Waals surface area contributed by atoms with Crippen molar-refractivity contribution in [1.29, 1.82) is 0 Å². The molecule has 0 aromatic carbocycles. The van der Waals surface area contributed by atoms with Crippen LogP contribution in [0.1, 0.15) is 57.8 Å². The zero-order valence-electron chi connectivity index (χ0n) is 11.7. The first kappa shape index (κ1) is 17.0. The summed E-state index contributed by atoms with van der Waals surface area (Å²) in [5.74, 6) is 17.0. The number of terminal acetylenes is 2. The third-order valence-corrected chi connectivity index (χ3v) is 2.50. The fourth-order valence-corrected chi connectivity index (χ4v) is 1.47. The maximum absolute atomic E-state index is 5.18. The van der Waals surface area contributed by atoms with E-state index < -0.39 is 0 Å². The van der Waals surface area contributed by atoms with Gasteiger partial charge < -0.3 is 0 Å². The topological polar surface area (TPSA) is 0 Å². The van der Waals surface area contributed by atoms with E-state index in [1.165, 1.54) is 12.8 Å². The van der Waals surface area contributed by atoms with Gasteiger partial charge in [0.25, 0.3) is 0 Å². The van der Waals surface area contributed by atoms with Gasteiger partial charge in [0, 0.05) is 19.3 Å². The van der Waals surface area contributed by atoms with Crippen LogP contribution in [0.2, 0.25) is 0 Å². The van der Waals surface area contributed by atoms with Crippen molar-refractivity contribution in [3.05, 3.63) is 12.2 Å². The van der Waals surface area contributed by atoms with Crippen molar-refractivity contribution in [1.82, 2.24) is 0 Å². The molecule has 0 nitrogen and oxygen atoms in total. The van der Waals surface area contributed by atoms with Gasteiger partial charge in [-0.25, -0.2) is 0 Å². The van der Waals surface area contributed by atoms with E-state index in [2.05, 4.69) is 35.5 Å². The summed E-state index contributed by atoms with van der Waals surface area (Å²) < 4.78 is 0. The summed E-state index contributed by atoms with van der Waals surface area (Å²) in [6.07, 6.45) is 23.5. The molecule has 0 radical (unpaired) electrons. The van der Waals surface area contributed by atoms with E-state index in [-0.39, 0.29) is 0 Å². The lowest BCUT2D eigenvalue weighted by molar-refractivity contribution is 0.661. The van der Waals surface area contributed by atoms with Crippen LogP contribution in [-0.2, 0) is 0 Å². The Labute approximate surface area is 119 Å². The van der Waals surface area contributed by atoms with Crippen molar-refractivity contribution in [2.24, 2.45) is 0 Å². The van der Waals surface area contributed by atoms with Crippen LogP contribution < -0.4 is 0 Å². The summed E-state index contributed by atoms with van der Waals surface area (Å²) in [5.41, 5.74) is 0. The maximum atomic E-state index is 5.18. The van der Waals surface area contributed by atoms with Crippen LogP contribution in [0.5, 0.6) is 0 Å². The zero-order valence-corrected chi connectivity index (χ0v) is 11.7. The third kappa shape index (κ3) is 16.0. The molecular weight excluding hydrogens is 228 g/mol. The highest BCUT2D eigenvalue weighted by molar-refractivity contribution is 5.25. The van der Waals surface area contributed by atoms with Crippen LogP contribution in [-0.4, -0.2) is 0 Å². The van der Waals surface area contributed by atoms with Crippen molar-refractivity contribution >= 4 is 0 Å². The number of rotatable bonds is 8. The molecule has 0 rings (SSSR count). The van der Waals surface area contributed by atoms with Gasteiger partial charge in [-0.05, 0) is 43.6 Å². The van der Waals surface area contributed by atoms with Crippen molar-refractivity contribution in [2.75, 3.05) is 0 Å². The largest absolute Gasteiger partial charge is 0.120 e. The van der Waals surface area contributed by atoms with E-state index >= 15 is 0 Å². The van der Waals surface area contributed by atoms with Crippen LogP contribution >= 0.6 is 0 Å². The molecule has 0 bridgehead atoms. The van der Waals surface area contributed by atoms with Crippen molar-refractivity contribution in [2.45, 2.75) is 57.8 Å². The van der Waals surface area contributed by atoms with E-state index in [1.54, 1.807) is 6.08 Å². The van der Waals surface area contributed by atoms with Crippen LogP contribution in [0.3, 0.4) is 0 Å². The molecule has 98 valence electrons. The van der Waals surface area contributed by atoms with E-state index in [4.69, 9.17) is 12.8 Å². The normalized spacial score (nSPS) is 8.74. The molecule has 0 saturated carbocycles. The van der Waals surface area contributed by atoms with Gasteiger partial charge in [-0.1, -0.05) is 36.7 Å². The lowest BCUT2D eigenvalue weighted by Gasteiger charge is -1.93. The fraction of sp³-hybridized carbons (Fsp3) is 0.474. The predicted molar refractivity (Wildman–Crippen MR) is 83.9 cm³/mol. The van der Waals surface area contributed by atoms with Gasteiger partial charge in [-0.15, -0.1) is 18.8 Å². The minimum Gasteiger partial charge on any atom is -0.120 e. The molecule has 0 saturated heterocycles. The van der Waals surface area contributed by atoms with Crippen LogP contribution in [0.25, 0.3) is 0 Å². The van der Waals surface area contributed by atoms with Crippen LogP contribution in [0.15, 0.2) is 12.2 Å². The number of unbranched alkanes of at least 4 members (excludes halogenated alkanes) is 7. The molecule has 0 aromatic heterocycles. The second-order valence-electron chi connectivity index (χ2n) is 4.18. The summed E-state index contributed by atoms with van der Waals surface area (Å²) in [7, 11) is 0. The van der Waals surface area contributed by atoms with E-state index in [0.29, 0.717) is 0 Å². The first-order valence-electron chi connectivity index (χ1n) is 6.92. The lowest BCUT2D eigenvalue weighted by Crippen LogP contribution is -1.76. The molecule has 0 aliphatic rings. The predicted octanol–water partition coefficient (Wildman–Crippen LogP) is 4.33. The molecule has 19 heavy (non-hydrogen) atoms. The molecule has 0 fully saturated rings. The van der Waals surface area contributed by atoms with Gasteiger partial charge in [0.2, 0.25) is 0 Å². The molecular formula is C19H22. The van der Waals surface area contributed by atoms with Gasteiger partial charge in [0.05, 0.1) is 0 Å². The zero-order chi connectivity index (χ0) is 14.0. The summed E-state index contributed by atoms with van der Waals surface area (Å²) in [6.45, 7) is 0. The Balaban J connectivity index is 3.37. The Morgan fingerprint density at radius 1 is 0.737 bits per heavy atom. The van der Waals surface area contributed by atoms with Gasteiger partial charge in [0.15, 0.2) is 0 Å². The average molecular weight is 250 g/mol. The monoisotopic (exact) mass is 250 g/mol. The quantitative estimate of drug-likeness (QED) is 0.444. The summed E-state index contributed by atoms with van der Waals surface area (Å²) in [5, 5.41) is 0. The first-order valence-corrected chi connectivity index (χ1v) is 6.92. The third-order valence-electron chi connectivity index (χ3n) is 2.50. The SMILES string of the molecule is C#CC=CCCCC#CC#CCCCCCCC#C. The summed E-state index contributed by atoms with van der Waals surface area (Å²) in [4.78, 5) is 0. The highest BCUT2D eigenvalue weighted by Crippen LogP contribution is 2.03. The maximum Gasteiger partial charge on any atom is 0.0102 e.